The molecule has 0 aromatic carbocycles. The molecule has 1 aliphatic rings. The molecular formula is C17H32. The normalized spacial score (nSPS) is 31.5. The molecule has 0 aromatic heterocycles. The van der Waals surface area contributed by atoms with Gasteiger partial charge >= 0.3 is 0 Å². The van der Waals surface area contributed by atoms with Gasteiger partial charge in [0.1, 0.15) is 0 Å². The lowest BCUT2D eigenvalue weighted by Gasteiger charge is -2.30. The summed E-state index contributed by atoms with van der Waals surface area (Å²) in [7, 11) is 0. The molecule has 0 amide bonds. The SMILES string of the molecule is CC=C(C)CC1(C)CCCCC(C)(C)CCC1. The first kappa shape index (κ1) is 14.8. The molecule has 0 N–H and O–H groups in total. The highest BCUT2D eigenvalue weighted by Gasteiger charge is 2.27. The summed E-state index contributed by atoms with van der Waals surface area (Å²) in [6.45, 7) is 11.9. The minimum atomic E-state index is 0.566. The molecule has 0 heterocycles. The maximum atomic E-state index is 2.51. The summed E-state index contributed by atoms with van der Waals surface area (Å²) >= 11 is 0. The van der Waals surface area contributed by atoms with Gasteiger partial charge in [-0.2, -0.15) is 0 Å². The Labute approximate surface area is 109 Å². The second-order valence-corrected chi connectivity index (χ2v) is 7.35. The first-order valence-electron chi connectivity index (χ1n) is 7.49. The fraction of sp³-hybridized carbons (Fsp3) is 0.882. The molecule has 1 aliphatic carbocycles. The summed E-state index contributed by atoms with van der Waals surface area (Å²) in [5.74, 6) is 0. The molecule has 1 rings (SSSR count). The average Bonchev–Trinajstić information content (AvgIpc) is 2.29. The number of hydrogen-bond acceptors (Lipinski definition) is 0. The van der Waals surface area contributed by atoms with Crippen molar-refractivity contribution < 1.29 is 0 Å². The van der Waals surface area contributed by atoms with Crippen LogP contribution in [0.3, 0.4) is 0 Å². The van der Waals surface area contributed by atoms with Crippen LogP contribution < -0.4 is 0 Å². The Kier molecular flexibility index (Phi) is 5.28. The minimum absolute atomic E-state index is 0.566. The smallest absolute Gasteiger partial charge is 0.0269 e. The van der Waals surface area contributed by atoms with Gasteiger partial charge in [-0.15, -0.1) is 0 Å². The summed E-state index contributed by atoms with van der Waals surface area (Å²) < 4.78 is 0. The maximum absolute atomic E-state index is 2.51. The molecule has 0 saturated heterocycles. The van der Waals surface area contributed by atoms with E-state index in [1.165, 1.54) is 51.4 Å². The molecule has 0 bridgehead atoms. The number of rotatable bonds is 2. The van der Waals surface area contributed by atoms with Crippen molar-refractivity contribution in [1.29, 1.82) is 0 Å². The molecular weight excluding hydrogens is 204 g/mol. The van der Waals surface area contributed by atoms with Crippen LogP contribution in [0.2, 0.25) is 0 Å². The summed E-state index contributed by atoms with van der Waals surface area (Å²) in [5, 5.41) is 0. The van der Waals surface area contributed by atoms with E-state index in [9.17, 15) is 0 Å². The van der Waals surface area contributed by atoms with Gasteiger partial charge in [-0.25, -0.2) is 0 Å². The lowest BCUT2D eigenvalue weighted by molar-refractivity contribution is 0.247. The average molecular weight is 236 g/mol. The molecule has 0 radical (unpaired) electrons. The third kappa shape index (κ3) is 5.27. The minimum Gasteiger partial charge on any atom is -0.0887 e. The largest absolute Gasteiger partial charge is 0.0887 e. The monoisotopic (exact) mass is 236 g/mol. The van der Waals surface area contributed by atoms with Gasteiger partial charge in [-0.05, 0) is 56.8 Å². The van der Waals surface area contributed by atoms with Crippen molar-refractivity contribution in [2.75, 3.05) is 0 Å². The van der Waals surface area contributed by atoms with E-state index in [2.05, 4.69) is 40.7 Å². The highest BCUT2D eigenvalue weighted by Crippen LogP contribution is 2.41. The van der Waals surface area contributed by atoms with Crippen LogP contribution in [0, 0.1) is 10.8 Å². The van der Waals surface area contributed by atoms with Crippen molar-refractivity contribution in [3.63, 3.8) is 0 Å². The van der Waals surface area contributed by atoms with Crippen molar-refractivity contribution in [2.45, 2.75) is 86.0 Å². The Morgan fingerprint density at radius 2 is 1.47 bits per heavy atom. The van der Waals surface area contributed by atoms with E-state index < -0.39 is 0 Å². The quantitative estimate of drug-likeness (QED) is 0.507. The summed E-state index contributed by atoms with van der Waals surface area (Å²) in [6.07, 6.45) is 13.6. The van der Waals surface area contributed by atoms with Gasteiger partial charge in [0.25, 0.3) is 0 Å². The Bertz CT molecular complexity index is 259. The first-order valence-corrected chi connectivity index (χ1v) is 7.49. The van der Waals surface area contributed by atoms with Gasteiger partial charge in [0.05, 0.1) is 0 Å². The first-order chi connectivity index (χ1) is 7.87. The molecule has 1 fully saturated rings. The standard InChI is InChI=1S/C17H32/c1-6-15(2)14-17(5)12-8-7-10-16(3,4)11-9-13-17/h6H,7-14H2,1-5H3. The zero-order valence-corrected chi connectivity index (χ0v) is 12.7. The van der Waals surface area contributed by atoms with Crippen LogP contribution in [0.5, 0.6) is 0 Å². The van der Waals surface area contributed by atoms with Gasteiger partial charge in [0.15, 0.2) is 0 Å². The Hall–Kier alpha value is -0.260. The van der Waals surface area contributed by atoms with Crippen LogP contribution in [0.15, 0.2) is 11.6 Å². The van der Waals surface area contributed by atoms with Gasteiger partial charge in [0.2, 0.25) is 0 Å². The topological polar surface area (TPSA) is 0 Å². The Balaban J connectivity index is 2.61. The van der Waals surface area contributed by atoms with Crippen molar-refractivity contribution in [3.05, 3.63) is 11.6 Å². The van der Waals surface area contributed by atoms with E-state index in [4.69, 9.17) is 0 Å². The van der Waals surface area contributed by atoms with E-state index in [0.717, 1.165) is 0 Å². The summed E-state index contributed by atoms with van der Waals surface area (Å²) in [6, 6.07) is 0. The number of hydrogen-bond donors (Lipinski definition) is 0. The van der Waals surface area contributed by atoms with Crippen molar-refractivity contribution in [2.24, 2.45) is 10.8 Å². The second-order valence-electron chi connectivity index (χ2n) is 7.35. The van der Waals surface area contributed by atoms with E-state index in [-0.39, 0.29) is 0 Å². The van der Waals surface area contributed by atoms with Crippen LogP contribution >= 0.6 is 0 Å². The van der Waals surface area contributed by atoms with Gasteiger partial charge < -0.3 is 0 Å². The van der Waals surface area contributed by atoms with Crippen LogP contribution in [0.4, 0.5) is 0 Å². The predicted octanol–water partition coefficient (Wildman–Crippen LogP) is 6.12. The molecule has 100 valence electrons. The lowest BCUT2D eigenvalue weighted by atomic mass is 9.75. The maximum Gasteiger partial charge on any atom is -0.0269 e. The van der Waals surface area contributed by atoms with Crippen molar-refractivity contribution in [3.8, 4) is 0 Å². The zero-order chi connectivity index (χ0) is 12.9. The third-order valence-electron chi connectivity index (χ3n) is 4.72. The molecule has 0 aromatic rings. The summed E-state index contributed by atoms with van der Waals surface area (Å²) in [5.41, 5.74) is 2.73. The van der Waals surface area contributed by atoms with E-state index >= 15 is 0 Å². The van der Waals surface area contributed by atoms with Crippen LogP contribution in [0.1, 0.15) is 86.0 Å². The van der Waals surface area contributed by atoms with Crippen molar-refractivity contribution in [1.82, 2.24) is 0 Å². The molecule has 0 nitrogen and oxygen atoms in total. The molecule has 0 heteroatoms. The fourth-order valence-electron chi connectivity index (χ4n) is 3.35. The summed E-state index contributed by atoms with van der Waals surface area (Å²) in [4.78, 5) is 0. The Morgan fingerprint density at radius 3 is 2.12 bits per heavy atom. The third-order valence-corrected chi connectivity index (χ3v) is 4.72. The number of allylic oxidation sites excluding steroid dienone is 2. The molecule has 0 aliphatic heterocycles. The zero-order valence-electron chi connectivity index (χ0n) is 12.7. The molecule has 0 spiro atoms. The molecule has 17 heavy (non-hydrogen) atoms. The second kappa shape index (κ2) is 6.07. The lowest BCUT2D eigenvalue weighted by Crippen LogP contribution is -2.17. The van der Waals surface area contributed by atoms with Crippen LogP contribution in [-0.2, 0) is 0 Å². The van der Waals surface area contributed by atoms with Gasteiger partial charge in [-0.3, -0.25) is 0 Å². The van der Waals surface area contributed by atoms with Gasteiger partial charge in [0, 0.05) is 0 Å². The van der Waals surface area contributed by atoms with E-state index in [0.29, 0.717) is 10.8 Å². The predicted molar refractivity (Wildman–Crippen MR) is 78.3 cm³/mol. The molecule has 1 atom stereocenters. The van der Waals surface area contributed by atoms with Gasteiger partial charge in [-0.1, -0.05) is 51.7 Å². The highest BCUT2D eigenvalue weighted by molar-refractivity contribution is 5.00. The molecule has 1 unspecified atom stereocenters. The van der Waals surface area contributed by atoms with Crippen LogP contribution in [-0.4, -0.2) is 0 Å². The Morgan fingerprint density at radius 1 is 0.941 bits per heavy atom. The molecule has 1 saturated carbocycles. The fourth-order valence-corrected chi connectivity index (χ4v) is 3.35. The van der Waals surface area contributed by atoms with E-state index in [1.54, 1.807) is 5.57 Å². The van der Waals surface area contributed by atoms with E-state index in [1.807, 2.05) is 0 Å². The highest BCUT2D eigenvalue weighted by atomic mass is 14.3. The van der Waals surface area contributed by atoms with Crippen molar-refractivity contribution >= 4 is 0 Å². The van der Waals surface area contributed by atoms with Crippen LogP contribution in [0.25, 0.3) is 0 Å².